The number of thiazole rings is 1. The molecule has 8 nitrogen and oxygen atoms in total. The van der Waals surface area contributed by atoms with Crippen molar-refractivity contribution in [3.8, 4) is 22.0 Å². The molecule has 4 heterocycles. The molecule has 0 unspecified atom stereocenters. The van der Waals surface area contributed by atoms with Crippen LogP contribution in [-0.2, 0) is 0 Å². The van der Waals surface area contributed by atoms with Crippen molar-refractivity contribution in [3.63, 3.8) is 0 Å². The van der Waals surface area contributed by atoms with E-state index in [2.05, 4.69) is 47.2 Å². The number of carbonyl (C=O) groups is 1. The number of hydrogen-bond donors (Lipinski definition) is 1. The number of amides is 1. The molecule has 0 saturated heterocycles. The largest absolute Gasteiger partial charge is 0.308 e. The first-order valence-electron chi connectivity index (χ1n) is 10.3. The quantitative estimate of drug-likeness (QED) is 0.490. The predicted octanol–water partition coefficient (Wildman–Crippen LogP) is 4.32. The molecule has 4 aromatic heterocycles. The van der Waals surface area contributed by atoms with E-state index >= 15 is 0 Å². The summed E-state index contributed by atoms with van der Waals surface area (Å²) in [5.74, 6) is 1.55. The van der Waals surface area contributed by atoms with E-state index in [1.54, 1.807) is 18.6 Å². The van der Waals surface area contributed by atoms with Crippen LogP contribution in [0.3, 0.4) is 0 Å². The molecule has 154 valence electrons. The van der Waals surface area contributed by atoms with Crippen LogP contribution in [-0.4, -0.2) is 35.6 Å². The highest BCUT2D eigenvalue weighted by atomic mass is 32.1. The minimum atomic E-state index is -0.301. The van der Waals surface area contributed by atoms with Crippen molar-refractivity contribution in [2.45, 2.75) is 37.6 Å². The molecule has 4 aromatic rings. The molecular formula is C22H19N7OS. The Kier molecular flexibility index (Phi) is 4.34. The van der Waals surface area contributed by atoms with Gasteiger partial charge in [-0.25, -0.2) is 4.98 Å². The van der Waals surface area contributed by atoms with Crippen molar-refractivity contribution in [3.05, 3.63) is 59.8 Å². The van der Waals surface area contributed by atoms with E-state index in [1.807, 2.05) is 17.6 Å². The topological polar surface area (TPSA) is 98.5 Å². The summed E-state index contributed by atoms with van der Waals surface area (Å²) in [5.41, 5.74) is 3.36. The summed E-state index contributed by atoms with van der Waals surface area (Å²) in [6.45, 7) is 0. The molecule has 0 radical (unpaired) electrons. The van der Waals surface area contributed by atoms with E-state index in [0.717, 1.165) is 40.5 Å². The van der Waals surface area contributed by atoms with Crippen LogP contribution >= 0.6 is 11.3 Å². The van der Waals surface area contributed by atoms with Gasteiger partial charge in [-0.1, -0.05) is 6.07 Å². The highest BCUT2D eigenvalue weighted by Crippen LogP contribution is 2.39. The van der Waals surface area contributed by atoms with Gasteiger partial charge in [0, 0.05) is 41.0 Å². The van der Waals surface area contributed by atoms with Crippen LogP contribution in [0.25, 0.3) is 22.0 Å². The van der Waals surface area contributed by atoms with Crippen LogP contribution in [0.15, 0.2) is 48.4 Å². The first kappa shape index (κ1) is 18.3. The Morgan fingerprint density at radius 1 is 1.10 bits per heavy atom. The number of rotatable bonds is 6. The second-order valence-corrected chi connectivity index (χ2v) is 8.82. The number of nitrogens with one attached hydrogen (secondary N) is 1. The van der Waals surface area contributed by atoms with E-state index in [4.69, 9.17) is 0 Å². The molecule has 6 rings (SSSR count). The lowest BCUT2D eigenvalue weighted by atomic mass is 10.1. The summed E-state index contributed by atoms with van der Waals surface area (Å²) < 4.78 is 2.05. The van der Waals surface area contributed by atoms with E-state index in [-0.39, 0.29) is 5.91 Å². The molecule has 1 amide bonds. The Balaban J connectivity index is 1.19. The lowest BCUT2D eigenvalue weighted by Crippen LogP contribution is -2.14. The first-order chi connectivity index (χ1) is 15.2. The second-order valence-electron chi connectivity index (χ2n) is 7.96. The van der Waals surface area contributed by atoms with Gasteiger partial charge in [0.05, 0.1) is 0 Å². The lowest BCUT2D eigenvalue weighted by molar-refractivity contribution is 0.102. The summed E-state index contributed by atoms with van der Waals surface area (Å²) in [7, 11) is 0. The molecule has 0 spiro atoms. The minimum Gasteiger partial charge on any atom is -0.308 e. The number of nitrogens with zero attached hydrogens (tertiary/aromatic N) is 6. The van der Waals surface area contributed by atoms with Crippen LogP contribution in [0.2, 0.25) is 0 Å². The van der Waals surface area contributed by atoms with Crippen molar-refractivity contribution >= 4 is 23.1 Å². The fourth-order valence-corrected chi connectivity index (χ4v) is 4.30. The Labute approximate surface area is 182 Å². The van der Waals surface area contributed by atoms with E-state index in [0.29, 0.717) is 23.5 Å². The maximum absolute atomic E-state index is 12.8. The molecule has 2 aliphatic carbocycles. The van der Waals surface area contributed by atoms with Crippen molar-refractivity contribution < 1.29 is 4.79 Å². The molecule has 0 atom stereocenters. The number of aromatic nitrogens is 6. The Morgan fingerprint density at radius 2 is 2.00 bits per heavy atom. The second kappa shape index (κ2) is 7.35. The summed E-state index contributed by atoms with van der Waals surface area (Å²) in [4.78, 5) is 26.1. The van der Waals surface area contributed by atoms with Gasteiger partial charge in [0.25, 0.3) is 5.91 Å². The highest BCUT2D eigenvalue weighted by Gasteiger charge is 2.28. The molecule has 2 saturated carbocycles. The van der Waals surface area contributed by atoms with Crippen molar-refractivity contribution in [1.82, 2.24) is 29.7 Å². The normalized spacial score (nSPS) is 15.7. The molecular weight excluding hydrogens is 410 g/mol. The Hall–Kier alpha value is -3.46. The van der Waals surface area contributed by atoms with Crippen LogP contribution in [0.4, 0.5) is 5.82 Å². The van der Waals surface area contributed by atoms with Gasteiger partial charge in [0.15, 0.2) is 10.8 Å². The molecule has 0 bridgehead atoms. The van der Waals surface area contributed by atoms with Crippen molar-refractivity contribution in [2.75, 3.05) is 5.32 Å². The predicted molar refractivity (Wildman–Crippen MR) is 117 cm³/mol. The number of pyridine rings is 2. The monoisotopic (exact) mass is 429 g/mol. The molecule has 0 aliphatic heterocycles. The summed E-state index contributed by atoms with van der Waals surface area (Å²) >= 11 is 1.43. The molecule has 2 aliphatic rings. The SMILES string of the molecule is O=C(Nc1csc(-c2nncn2C2CC2)n1)c1cc(-c2ccc(C3CC3)nc2)ccn1. The number of anilines is 1. The minimum absolute atomic E-state index is 0.301. The third-order valence-corrected chi connectivity index (χ3v) is 6.40. The molecule has 0 aromatic carbocycles. The summed E-state index contributed by atoms with van der Waals surface area (Å²) in [6, 6.07) is 8.26. The maximum Gasteiger partial charge on any atom is 0.275 e. The fraction of sp³-hybridized carbons (Fsp3) is 0.273. The maximum atomic E-state index is 12.8. The van der Waals surface area contributed by atoms with Crippen LogP contribution < -0.4 is 5.32 Å². The zero-order valence-electron chi connectivity index (χ0n) is 16.6. The smallest absolute Gasteiger partial charge is 0.275 e. The standard InChI is InChI=1S/C22H19N7OS/c30-21(26-19-11-31-22(27-19)20-28-25-12-29(20)16-4-5-16)18-9-14(7-8-23-18)15-3-6-17(24-10-15)13-1-2-13/h3,6-13,16H,1-2,4-5H2,(H,26,30). The third kappa shape index (κ3) is 3.72. The lowest BCUT2D eigenvalue weighted by Gasteiger charge is -2.06. The van der Waals surface area contributed by atoms with Gasteiger partial charge in [0.1, 0.15) is 17.8 Å². The van der Waals surface area contributed by atoms with Gasteiger partial charge in [-0.05, 0) is 49.4 Å². The van der Waals surface area contributed by atoms with Crippen LogP contribution in [0, 0.1) is 0 Å². The first-order valence-corrected chi connectivity index (χ1v) is 11.2. The van der Waals surface area contributed by atoms with Gasteiger partial charge in [-0.15, -0.1) is 21.5 Å². The van der Waals surface area contributed by atoms with Gasteiger partial charge >= 0.3 is 0 Å². The molecule has 1 N–H and O–H groups in total. The van der Waals surface area contributed by atoms with Gasteiger partial charge < -0.3 is 9.88 Å². The Bertz CT molecular complexity index is 1250. The third-order valence-electron chi connectivity index (χ3n) is 5.56. The van der Waals surface area contributed by atoms with E-state index in [9.17, 15) is 4.79 Å². The van der Waals surface area contributed by atoms with E-state index < -0.39 is 0 Å². The van der Waals surface area contributed by atoms with Gasteiger partial charge in [-0.2, -0.15) is 0 Å². The highest BCUT2D eigenvalue weighted by molar-refractivity contribution is 7.13. The molecule has 9 heteroatoms. The average Bonchev–Trinajstić information content (AvgIpc) is 3.74. The van der Waals surface area contributed by atoms with Crippen molar-refractivity contribution in [2.24, 2.45) is 0 Å². The Morgan fingerprint density at radius 3 is 2.77 bits per heavy atom. The van der Waals surface area contributed by atoms with Crippen molar-refractivity contribution in [1.29, 1.82) is 0 Å². The summed E-state index contributed by atoms with van der Waals surface area (Å²) in [5, 5.41) is 13.6. The number of hydrogen-bond acceptors (Lipinski definition) is 7. The summed E-state index contributed by atoms with van der Waals surface area (Å²) in [6.07, 6.45) is 9.99. The van der Waals surface area contributed by atoms with Gasteiger partial charge in [-0.3, -0.25) is 14.8 Å². The van der Waals surface area contributed by atoms with Gasteiger partial charge in [0.2, 0.25) is 0 Å². The zero-order chi connectivity index (χ0) is 20.8. The number of carbonyl (C=O) groups excluding carboxylic acids is 1. The zero-order valence-corrected chi connectivity index (χ0v) is 17.4. The van der Waals surface area contributed by atoms with Crippen LogP contribution in [0.5, 0.6) is 0 Å². The molecule has 31 heavy (non-hydrogen) atoms. The fourth-order valence-electron chi connectivity index (χ4n) is 3.56. The molecule has 2 fully saturated rings. The average molecular weight is 430 g/mol. The van der Waals surface area contributed by atoms with E-state index in [1.165, 1.54) is 24.2 Å². The van der Waals surface area contributed by atoms with Crippen LogP contribution in [0.1, 0.15) is 53.8 Å².